The highest BCUT2D eigenvalue weighted by molar-refractivity contribution is 5.44. The van der Waals surface area contributed by atoms with E-state index in [1.807, 2.05) is 38.1 Å². The number of ether oxygens (including phenoxy) is 2. The van der Waals surface area contributed by atoms with E-state index >= 15 is 0 Å². The van der Waals surface area contributed by atoms with Crippen molar-refractivity contribution in [1.29, 1.82) is 0 Å². The number of rotatable bonds is 4. The minimum absolute atomic E-state index is 0.0289. The summed E-state index contributed by atoms with van der Waals surface area (Å²) in [6.45, 7) is 3.95. The molecule has 0 fully saturated rings. The first-order chi connectivity index (χ1) is 9.06. The van der Waals surface area contributed by atoms with Gasteiger partial charge in [-0.05, 0) is 32.0 Å². The molecule has 0 aliphatic rings. The number of aromatic nitrogens is 2. The fourth-order valence-electron chi connectivity index (χ4n) is 2.14. The van der Waals surface area contributed by atoms with E-state index in [4.69, 9.17) is 15.2 Å². The monoisotopic (exact) mass is 261 g/mol. The molecule has 102 valence electrons. The van der Waals surface area contributed by atoms with E-state index in [1.165, 1.54) is 0 Å². The molecule has 0 saturated carbocycles. The number of nitrogens with two attached hydrogens (primary N) is 1. The van der Waals surface area contributed by atoms with Crippen LogP contribution in [-0.2, 0) is 0 Å². The lowest BCUT2D eigenvalue weighted by Gasteiger charge is -2.18. The molecule has 1 heterocycles. The average Bonchev–Trinajstić information content (AvgIpc) is 2.76. The van der Waals surface area contributed by atoms with E-state index in [0.717, 1.165) is 22.8 Å². The molecular formula is C14H19N3O2. The normalized spacial score (nSPS) is 12.2. The van der Waals surface area contributed by atoms with Crippen LogP contribution in [0.15, 0.2) is 24.3 Å². The van der Waals surface area contributed by atoms with Gasteiger partial charge in [0, 0.05) is 11.6 Å². The molecule has 0 radical (unpaired) electrons. The third kappa shape index (κ3) is 2.50. The van der Waals surface area contributed by atoms with Crippen LogP contribution in [0.1, 0.15) is 24.2 Å². The van der Waals surface area contributed by atoms with Crippen molar-refractivity contribution in [3.05, 3.63) is 35.5 Å². The molecule has 0 bridgehead atoms. The van der Waals surface area contributed by atoms with Crippen LogP contribution >= 0.6 is 0 Å². The van der Waals surface area contributed by atoms with Gasteiger partial charge in [-0.3, -0.25) is 0 Å². The molecule has 0 aliphatic carbocycles. The molecule has 0 spiro atoms. The molecular weight excluding hydrogens is 242 g/mol. The Hall–Kier alpha value is -2.17. The van der Waals surface area contributed by atoms with Gasteiger partial charge in [0.2, 0.25) is 0 Å². The van der Waals surface area contributed by atoms with Crippen molar-refractivity contribution in [2.45, 2.75) is 19.9 Å². The van der Waals surface area contributed by atoms with E-state index in [-0.39, 0.29) is 6.04 Å². The van der Waals surface area contributed by atoms with Gasteiger partial charge in [0.15, 0.2) is 0 Å². The van der Waals surface area contributed by atoms with E-state index < -0.39 is 0 Å². The maximum atomic E-state index is 5.97. The number of hydrogen-bond acceptors (Lipinski definition) is 4. The molecule has 2 N–H and O–H groups in total. The zero-order chi connectivity index (χ0) is 14.0. The Morgan fingerprint density at radius 1 is 1.21 bits per heavy atom. The first-order valence-electron chi connectivity index (χ1n) is 6.10. The zero-order valence-electron chi connectivity index (χ0n) is 11.7. The SMILES string of the molecule is COc1ccc(OC)c(C(C)n2nc(C)cc2N)c1. The number of hydrogen-bond donors (Lipinski definition) is 1. The van der Waals surface area contributed by atoms with Gasteiger partial charge in [0.05, 0.1) is 26.0 Å². The predicted octanol–water partition coefficient (Wildman–Crippen LogP) is 2.40. The Labute approximate surface area is 112 Å². The first-order valence-corrected chi connectivity index (χ1v) is 6.10. The summed E-state index contributed by atoms with van der Waals surface area (Å²) in [5, 5.41) is 4.41. The van der Waals surface area contributed by atoms with Crippen LogP contribution in [0, 0.1) is 6.92 Å². The summed E-state index contributed by atoms with van der Waals surface area (Å²) < 4.78 is 12.4. The Bertz CT molecular complexity index is 578. The van der Waals surface area contributed by atoms with Gasteiger partial charge in [-0.1, -0.05) is 0 Å². The minimum atomic E-state index is -0.0289. The van der Waals surface area contributed by atoms with Crippen LogP contribution < -0.4 is 15.2 Å². The van der Waals surface area contributed by atoms with Gasteiger partial charge in [-0.15, -0.1) is 0 Å². The van der Waals surface area contributed by atoms with E-state index in [2.05, 4.69) is 5.10 Å². The van der Waals surface area contributed by atoms with Crippen molar-refractivity contribution >= 4 is 5.82 Å². The Kier molecular flexibility index (Phi) is 3.64. The minimum Gasteiger partial charge on any atom is -0.497 e. The highest BCUT2D eigenvalue weighted by Crippen LogP contribution is 2.32. The molecule has 0 amide bonds. The highest BCUT2D eigenvalue weighted by atomic mass is 16.5. The van der Waals surface area contributed by atoms with Crippen molar-refractivity contribution in [3.63, 3.8) is 0 Å². The van der Waals surface area contributed by atoms with Gasteiger partial charge in [0.25, 0.3) is 0 Å². The third-order valence-corrected chi connectivity index (χ3v) is 3.14. The molecule has 2 rings (SSSR count). The van der Waals surface area contributed by atoms with Crippen molar-refractivity contribution in [2.24, 2.45) is 0 Å². The summed E-state index contributed by atoms with van der Waals surface area (Å²) in [6, 6.07) is 7.52. The van der Waals surface area contributed by atoms with Crippen molar-refractivity contribution in [3.8, 4) is 11.5 Å². The topological polar surface area (TPSA) is 62.3 Å². The number of aryl methyl sites for hydroxylation is 1. The Morgan fingerprint density at radius 2 is 1.95 bits per heavy atom. The van der Waals surface area contributed by atoms with Gasteiger partial charge in [-0.2, -0.15) is 5.10 Å². The average molecular weight is 261 g/mol. The van der Waals surface area contributed by atoms with Crippen LogP contribution in [0.2, 0.25) is 0 Å². The summed E-state index contributed by atoms with van der Waals surface area (Å²) in [6.07, 6.45) is 0. The fraction of sp³-hybridized carbons (Fsp3) is 0.357. The molecule has 1 unspecified atom stereocenters. The van der Waals surface area contributed by atoms with Gasteiger partial charge >= 0.3 is 0 Å². The third-order valence-electron chi connectivity index (χ3n) is 3.14. The van der Waals surface area contributed by atoms with Crippen LogP contribution in [0.3, 0.4) is 0 Å². The van der Waals surface area contributed by atoms with E-state index in [9.17, 15) is 0 Å². The number of benzene rings is 1. The highest BCUT2D eigenvalue weighted by Gasteiger charge is 2.17. The fourth-order valence-corrected chi connectivity index (χ4v) is 2.14. The number of nitrogens with zero attached hydrogens (tertiary/aromatic N) is 2. The molecule has 5 nitrogen and oxygen atoms in total. The molecule has 1 aromatic heterocycles. The van der Waals surface area contributed by atoms with Gasteiger partial charge in [0.1, 0.15) is 17.3 Å². The molecule has 1 atom stereocenters. The van der Waals surface area contributed by atoms with Crippen LogP contribution in [0.5, 0.6) is 11.5 Å². The summed E-state index contributed by atoms with van der Waals surface area (Å²) >= 11 is 0. The lowest BCUT2D eigenvalue weighted by molar-refractivity contribution is 0.391. The quantitative estimate of drug-likeness (QED) is 0.918. The summed E-state index contributed by atoms with van der Waals surface area (Å²) in [5.74, 6) is 2.21. The van der Waals surface area contributed by atoms with Crippen LogP contribution in [0.4, 0.5) is 5.82 Å². The number of methoxy groups -OCH3 is 2. The van der Waals surface area contributed by atoms with E-state index in [0.29, 0.717) is 5.82 Å². The second-order valence-electron chi connectivity index (χ2n) is 4.44. The standard InChI is InChI=1S/C14H19N3O2/c1-9-7-14(15)17(16-9)10(2)12-8-11(18-3)5-6-13(12)19-4/h5-8,10H,15H2,1-4H3. The number of nitrogen functional groups attached to an aromatic ring is 1. The summed E-state index contributed by atoms with van der Waals surface area (Å²) in [4.78, 5) is 0. The molecule has 2 aromatic rings. The smallest absolute Gasteiger partial charge is 0.124 e. The Morgan fingerprint density at radius 3 is 2.47 bits per heavy atom. The molecule has 19 heavy (non-hydrogen) atoms. The maximum Gasteiger partial charge on any atom is 0.124 e. The summed E-state index contributed by atoms with van der Waals surface area (Å²) in [7, 11) is 3.29. The second-order valence-corrected chi connectivity index (χ2v) is 4.44. The molecule has 5 heteroatoms. The predicted molar refractivity (Wildman–Crippen MR) is 74.7 cm³/mol. The van der Waals surface area contributed by atoms with Crippen LogP contribution in [0.25, 0.3) is 0 Å². The first kappa shape index (κ1) is 13.3. The van der Waals surface area contributed by atoms with Crippen molar-refractivity contribution < 1.29 is 9.47 Å². The van der Waals surface area contributed by atoms with E-state index in [1.54, 1.807) is 18.9 Å². The lowest BCUT2D eigenvalue weighted by Crippen LogP contribution is -2.12. The second kappa shape index (κ2) is 5.22. The molecule has 0 aliphatic heterocycles. The lowest BCUT2D eigenvalue weighted by atomic mass is 10.1. The van der Waals surface area contributed by atoms with Gasteiger partial charge < -0.3 is 15.2 Å². The Balaban J connectivity index is 2.47. The largest absolute Gasteiger partial charge is 0.497 e. The maximum absolute atomic E-state index is 5.97. The molecule has 1 aromatic carbocycles. The van der Waals surface area contributed by atoms with Crippen molar-refractivity contribution in [2.75, 3.05) is 20.0 Å². The van der Waals surface area contributed by atoms with Crippen LogP contribution in [-0.4, -0.2) is 24.0 Å². The van der Waals surface area contributed by atoms with Gasteiger partial charge in [-0.25, -0.2) is 4.68 Å². The number of anilines is 1. The van der Waals surface area contributed by atoms with Crippen molar-refractivity contribution in [1.82, 2.24) is 9.78 Å². The zero-order valence-corrected chi connectivity index (χ0v) is 11.7. The molecule has 0 saturated heterocycles. The summed E-state index contributed by atoms with van der Waals surface area (Å²) in [5.41, 5.74) is 7.85.